The van der Waals surface area contributed by atoms with E-state index in [-0.39, 0.29) is 19.5 Å². The van der Waals surface area contributed by atoms with E-state index in [0.29, 0.717) is 0 Å². The Labute approximate surface area is 325 Å². The molecule has 6 heterocycles. The minimum atomic E-state index is 0. The molecule has 0 spiro atoms. The van der Waals surface area contributed by atoms with Gasteiger partial charge in [0, 0.05) is 102 Å². The molecule has 0 amide bonds. The van der Waals surface area contributed by atoms with Gasteiger partial charge >= 0.3 is 0 Å². The zero-order valence-corrected chi connectivity index (χ0v) is 32.3. The van der Waals surface area contributed by atoms with Crippen molar-refractivity contribution in [2.75, 3.05) is 0 Å². The molecule has 8 aromatic carbocycles. The van der Waals surface area contributed by atoms with Crippen LogP contribution in [0.2, 0.25) is 0 Å². The molecule has 0 aliphatic heterocycles. The first kappa shape index (κ1) is 30.7. The molecule has 6 heteroatoms. The summed E-state index contributed by atoms with van der Waals surface area (Å²) in [5.41, 5.74) is 7.80. The second kappa shape index (κ2) is 11.1. The number of hydrogen-bond donors (Lipinski definition) is 0. The summed E-state index contributed by atoms with van der Waals surface area (Å²) in [6.07, 6.45) is 3.50. The number of hydrogen-bond acceptors (Lipinski definition) is 1. The average molecular weight is 749 g/mol. The summed E-state index contributed by atoms with van der Waals surface area (Å²) < 4.78 is 0. The SMILES string of the molecule is [Zn].c1ccc2c(c1)c1c3c4ccccc4[c+]4c5ccc([n-]5)[c+]5c6ccccc6c6c7c8ccccc8[c+](c8ccc([n-]8)[c+]2c1[n-]c34)c7[n-]c65.c1ccncc1. The first-order chi connectivity index (χ1) is 26.8. The Bertz CT molecular complexity index is 3350. The molecule has 0 aliphatic rings. The van der Waals surface area contributed by atoms with Crippen LogP contribution < -0.4 is 19.9 Å². The summed E-state index contributed by atoms with van der Waals surface area (Å²) in [5.74, 6) is 0. The van der Waals surface area contributed by atoms with E-state index in [1.165, 1.54) is 64.6 Å². The summed E-state index contributed by atoms with van der Waals surface area (Å²) >= 11 is 0. The number of nitrogens with zero attached hydrogens (tertiary/aromatic N) is 5. The molecule has 8 bridgehead atoms. The zero-order chi connectivity index (χ0) is 35.1. The van der Waals surface area contributed by atoms with E-state index in [1.54, 1.807) is 12.4 Å². The molecule has 0 aliphatic carbocycles. The van der Waals surface area contributed by atoms with Gasteiger partial charge in [0.2, 0.25) is 0 Å². The van der Waals surface area contributed by atoms with Crippen molar-refractivity contribution in [2.45, 2.75) is 0 Å². The second-order valence-electron chi connectivity index (χ2n) is 14.3. The maximum Gasteiger partial charge on any atom is 0.103 e. The van der Waals surface area contributed by atoms with Crippen LogP contribution in [0.4, 0.5) is 0 Å². The Morgan fingerprint density at radius 2 is 0.600 bits per heavy atom. The van der Waals surface area contributed by atoms with E-state index in [9.17, 15) is 0 Å². The summed E-state index contributed by atoms with van der Waals surface area (Å²) in [6.45, 7) is 0. The van der Waals surface area contributed by atoms with Crippen molar-refractivity contribution in [2.24, 2.45) is 0 Å². The largest absolute Gasteiger partial charge is 0.628 e. The van der Waals surface area contributed by atoms with Crippen molar-refractivity contribution >= 4 is 130 Å². The first-order valence-corrected chi connectivity index (χ1v) is 18.3. The molecule has 248 valence electrons. The van der Waals surface area contributed by atoms with Crippen LogP contribution in [0.1, 0.15) is 0 Å². The van der Waals surface area contributed by atoms with Crippen LogP contribution in [-0.2, 0) is 19.5 Å². The van der Waals surface area contributed by atoms with Gasteiger partial charge in [-0.3, -0.25) is 4.98 Å². The molecule has 14 rings (SSSR count). The van der Waals surface area contributed by atoms with E-state index >= 15 is 0 Å². The Hall–Kier alpha value is -6.75. The Morgan fingerprint density at radius 1 is 0.309 bits per heavy atom. The van der Waals surface area contributed by atoms with Gasteiger partial charge in [0.1, 0.15) is 21.5 Å². The van der Waals surface area contributed by atoms with Crippen LogP contribution in [-0.4, -0.2) is 4.98 Å². The van der Waals surface area contributed by atoms with Gasteiger partial charge in [0.15, 0.2) is 0 Å². The van der Waals surface area contributed by atoms with Crippen molar-refractivity contribution in [3.05, 3.63) is 152 Å². The smallest absolute Gasteiger partial charge is 0.103 e. The average Bonchev–Trinajstić information content (AvgIpc) is 4.08. The van der Waals surface area contributed by atoms with Crippen molar-refractivity contribution < 1.29 is 19.5 Å². The van der Waals surface area contributed by atoms with Gasteiger partial charge in [0.25, 0.3) is 0 Å². The van der Waals surface area contributed by atoms with Crippen LogP contribution >= 0.6 is 0 Å². The molecule has 0 saturated carbocycles. The molecule has 0 radical (unpaired) electrons. The number of rotatable bonds is 0. The molecule has 0 atom stereocenters. The molecule has 5 nitrogen and oxygen atoms in total. The Balaban J connectivity index is 0.000000441. The van der Waals surface area contributed by atoms with Crippen molar-refractivity contribution in [1.29, 1.82) is 0 Å². The van der Waals surface area contributed by atoms with E-state index in [4.69, 9.17) is 19.9 Å². The fourth-order valence-electron chi connectivity index (χ4n) is 9.51. The topological polar surface area (TPSA) is 69.3 Å². The molecule has 0 N–H and O–H groups in total. The molecule has 14 aromatic rings. The van der Waals surface area contributed by atoms with Crippen LogP contribution in [0.25, 0.3) is 130 Å². The fourth-order valence-corrected chi connectivity index (χ4v) is 9.51. The summed E-state index contributed by atoms with van der Waals surface area (Å²) in [5, 5.41) is 18.7. The van der Waals surface area contributed by atoms with Crippen LogP contribution in [0.15, 0.2) is 152 Å². The third-order valence-corrected chi connectivity index (χ3v) is 11.6. The van der Waals surface area contributed by atoms with Crippen LogP contribution in [0.3, 0.4) is 0 Å². The molecular formula is C49H25N5Zn. The maximum atomic E-state index is 5.52. The zero-order valence-electron chi connectivity index (χ0n) is 29.4. The Morgan fingerprint density at radius 3 is 0.855 bits per heavy atom. The van der Waals surface area contributed by atoms with E-state index < -0.39 is 0 Å². The third kappa shape index (κ3) is 3.91. The molecule has 0 fully saturated rings. The minimum absolute atomic E-state index is 0. The monoisotopic (exact) mass is 747 g/mol. The fraction of sp³-hybridized carbons (Fsp3) is 0. The van der Waals surface area contributed by atoms with Gasteiger partial charge in [-0.1, -0.05) is 6.07 Å². The predicted octanol–water partition coefficient (Wildman–Crippen LogP) is 11.9. The Kier molecular flexibility index (Phi) is 6.22. The summed E-state index contributed by atoms with van der Waals surface area (Å²) in [6, 6.07) is 49.3. The normalized spacial score (nSPS) is 12.2. The van der Waals surface area contributed by atoms with Crippen LogP contribution in [0.5, 0.6) is 0 Å². The van der Waals surface area contributed by atoms with Crippen molar-refractivity contribution in [3.8, 4) is 0 Å². The molecular weight excluding hydrogens is 724 g/mol. The van der Waals surface area contributed by atoms with Gasteiger partial charge < -0.3 is 19.9 Å². The maximum absolute atomic E-state index is 5.52. The molecule has 6 aromatic heterocycles. The molecule has 0 unspecified atom stereocenters. The quantitative estimate of drug-likeness (QED) is 0.114. The van der Waals surface area contributed by atoms with Crippen molar-refractivity contribution in [1.82, 2.24) is 24.9 Å². The predicted molar refractivity (Wildman–Crippen MR) is 225 cm³/mol. The van der Waals surface area contributed by atoms with Crippen LogP contribution in [0, 0.1) is 0 Å². The molecule has 55 heavy (non-hydrogen) atoms. The van der Waals surface area contributed by atoms with Gasteiger partial charge in [-0.05, 0) is 129 Å². The van der Waals surface area contributed by atoms with Gasteiger partial charge in [-0.15, -0.1) is 0 Å². The number of fused-ring (bicyclic) bond motifs is 22. The minimum Gasteiger partial charge on any atom is -0.628 e. The summed E-state index contributed by atoms with van der Waals surface area (Å²) in [4.78, 5) is 25.7. The number of benzene rings is 4. The van der Waals surface area contributed by atoms with E-state index in [0.717, 1.165) is 65.7 Å². The number of pyridine rings is 1. The standard InChI is InChI=1S/C44H20N4.C5H5N.Zn/c1-5-13-25-21(9-1)33-29-17-18-30(45-29)34-23-11-3-7-15-27(23)39-40-28-16-8-4-12-24(28)36(44(40)48-43(34)39)32-20-19-31(46-32)35-22-10-2-6-14-26(22)38-37(25)41(33)47-42(35)38;1-2-4-6-5-3-1;/h1-20H;1-5H;. The first-order valence-electron chi connectivity index (χ1n) is 18.3. The second-order valence-corrected chi connectivity index (χ2v) is 14.3. The molecule has 0 saturated heterocycles. The van der Waals surface area contributed by atoms with E-state index in [1.807, 2.05) is 18.2 Å². The van der Waals surface area contributed by atoms with Gasteiger partial charge in [-0.2, -0.15) is 0 Å². The van der Waals surface area contributed by atoms with Crippen molar-refractivity contribution in [3.63, 3.8) is 0 Å². The third-order valence-electron chi connectivity index (χ3n) is 11.6. The van der Waals surface area contributed by atoms with Gasteiger partial charge in [-0.25, -0.2) is 0 Å². The number of aromatic nitrogens is 5. The van der Waals surface area contributed by atoms with Gasteiger partial charge in [0.05, 0.1) is 43.1 Å². The summed E-state index contributed by atoms with van der Waals surface area (Å²) in [7, 11) is 0. The van der Waals surface area contributed by atoms with E-state index in [2.05, 4.69) is 126 Å².